The first-order valence-corrected chi connectivity index (χ1v) is 8.16. The van der Waals surface area contributed by atoms with Crippen LogP contribution in [0.2, 0.25) is 0 Å². The van der Waals surface area contributed by atoms with Gasteiger partial charge in [-0.1, -0.05) is 54.6 Å². The quantitative estimate of drug-likeness (QED) is 0.732. The Balaban J connectivity index is 1.95. The van der Waals surface area contributed by atoms with E-state index in [0.29, 0.717) is 5.56 Å². The van der Waals surface area contributed by atoms with Gasteiger partial charge in [-0.25, -0.2) is 4.79 Å². The highest BCUT2D eigenvalue weighted by atomic mass is 16.5. The van der Waals surface area contributed by atoms with Crippen molar-refractivity contribution in [1.29, 1.82) is 0 Å². The van der Waals surface area contributed by atoms with Crippen LogP contribution in [0.4, 0.5) is 0 Å². The Morgan fingerprint density at radius 1 is 0.923 bits per heavy atom. The zero-order valence-corrected chi connectivity index (χ0v) is 14.5. The number of rotatable bonds is 4. The summed E-state index contributed by atoms with van der Waals surface area (Å²) in [5.74, 6) is -1.29. The van der Waals surface area contributed by atoms with Gasteiger partial charge in [-0.15, -0.1) is 0 Å². The third-order valence-corrected chi connectivity index (χ3v) is 4.08. The first kappa shape index (κ1) is 17.5. The molecule has 1 atom stereocenters. The van der Waals surface area contributed by atoms with E-state index in [0.717, 1.165) is 10.8 Å². The number of amides is 1. The lowest BCUT2D eigenvalue weighted by Gasteiger charge is -2.21. The molecule has 26 heavy (non-hydrogen) atoms. The number of phenolic OH excluding ortho intramolecular Hbond substituents is 1. The number of carbonyl (C=O) groups is 2. The van der Waals surface area contributed by atoms with E-state index in [4.69, 9.17) is 4.74 Å². The summed E-state index contributed by atoms with van der Waals surface area (Å²) in [4.78, 5) is 26.5. The monoisotopic (exact) mass is 349 g/mol. The number of phenols is 1. The fourth-order valence-corrected chi connectivity index (χ4v) is 2.69. The van der Waals surface area contributed by atoms with E-state index in [2.05, 4.69) is 0 Å². The number of carbonyl (C=O) groups excluding carboxylic acids is 2. The van der Waals surface area contributed by atoms with Gasteiger partial charge in [0.05, 0.1) is 0 Å². The molecule has 1 N–H and O–H groups in total. The average molecular weight is 349 g/mol. The van der Waals surface area contributed by atoms with E-state index in [9.17, 15) is 14.7 Å². The molecule has 5 heteroatoms. The van der Waals surface area contributed by atoms with E-state index in [-0.39, 0.29) is 17.2 Å². The number of esters is 1. The highest BCUT2D eigenvalue weighted by Crippen LogP contribution is 2.28. The summed E-state index contributed by atoms with van der Waals surface area (Å²) in [5, 5.41) is 11.8. The summed E-state index contributed by atoms with van der Waals surface area (Å²) in [7, 11) is 3.19. The molecule has 132 valence electrons. The summed E-state index contributed by atoms with van der Waals surface area (Å²) in [6.45, 7) is 0. The molecule has 3 aromatic carbocycles. The molecule has 0 heterocycles. The minimum atomic E-state index is -1.08. The fourth-order valence-electron chi connectivity index (χ4n) is 2.69. The fraction of sp³-hybridized carbons (Fsp3) is 0.143. The van der Waals surface area contributed by atoms with Crippen molar-refractivity contribution in [3.05, 3.63) is 77.9 Å². The summed E-state index contributed by atoms with van der Waals surface area (Å²) in [6, 6.07) is 19.2. The molecular weight excluding hydrogens is 330 g/mol. The van der Waals surface area contributed by atoms with Gasteiger partial charge >= 0.3 is 5.97 Å². The zero-order chi connectivity index (χ0) is 18.7. The van der Waals surface area contributed by atoms with Gasteiger partial charge in [-0.3, -0.25) is 4.79 Å². The molecule has 0 unspecified atom stereocenters. The Hall–Kier alpha value is -3.34. The van der Waals surface area contributed by atoms with Gasteiger partial charge in [0.1, 0.15) is 11.3 Å². The lowest BCUT2D eigenvalue weighted by Crippen LogP contribution is -2.31. The summed E-state index contributed by atoms with van der Waals surface area (Å²) in [6.07, 6.45) is -1.08. The maximum atomic E-state index is 12.7. The largest absolute Gasteiger partial charge is 0.507 e. The molecule has 0 bridgehead atoms. The number of benzene rings is 3. The van der Waals surface area contributed by atoms with Crippen molar-refractivity contribution in [2.75, 3.05) is 14.1 Å². The number of ether oxygens (including phenoxy) is 1. The Morgan fingerprint density at radius 2 is 1.50 bits per heavy atom. The van der Waals surface area contributed by atoms with Crippen LogP contribution < -0.4 is 0 Å². The third-order valence-electron chi connectivity index (χ3n) is 4.08. The highest BCUT2D eigenvalue weighted by molar-refractivity contribution is 5.99. The van der Waals surface area contributed by atoms with Crippen LogP contribution >= 0.6 is 0 Å². The molecule has 0 aliphatic carbocycles. The smallest absolute Gasteiger partial charge is 0.343 e. The number of hydrogen-bond acceptors (Lipinski definition) is 4. The second-order valence-electron chi connectivity index (χ2n) is 6.15. The van der Waals surface area contributed by atoms with Crippen molar-refractivity contribution in [3.63, 3.8) is 0 Å². The maximum absolute atomic E-state index is 12.7. The van der Waals surface area contributed by atoms with Crippen LogP contribution in [0, 0.1) is 0 Å². The Morgan fingerprint density at radius 3 is 2.12 bits per heavy atom. The van der Waals surface area contributed by atoms with Gasteiger partial charge in [-0.2, -0.15) is 0 Å². The van der Waals surface area contributed by atoms with Crippen LogP contribution in [0.25, 0.3) is 10.8 Å². The number of fused-ring (bicyclic) bond motifs is 1. The van der Waals surface area contributed by atoms with Gasteiger partial charge in [0.2, 0.25) is 6.10 Å². The third kappa shape index (κ3) is 3.52. The molecule has 3 aromatic rings. The Labute approximate surface area is 151 Å². The van der Waals surface area contributed by atoms with E-state index in [1.807, 2.05) is 30.3 Å². The second kappa shape index (κ2) is 7.27. The second-order valence-corrected chi connectivity index (χ2v) is 6.15. The van der Waals surface area contributed by atoms with Crippen molar-refractivity contribution in [2.24, 2.45) is 0 Å². The minimum absolute atomic E-state index is 0.0242. The first-order valence-electron chi connectivity index (χ1n) is 8.16. The molecular formula is C21H19NO4. The number of likely N-dealkylation sites (N-methyl/N-ethyl adjacent to an activating group) is 1. The SMILES string of the molecule is CN(C)C(=O)[C@H](OC(=O)c1cc2ccccc2cc1O)c1ccccc1. The molecule has 3 rings (SSSR count). The molecule has 0 saturated carbocycles. The molecule has 0 fully saturated rings. The van der Waals surface area contributed by atoms with Gasteiger partial charge in [-0.05, 0) is 22.9 Å². The molecule has 0 radical (unpaired) electrons. The van der Waals surface area contributed by atoms with Crippen LogP contribution in [0.3, 0.4) is 0 Å². The van der Waals surface area contributed by atoms with Gasteiger partial charge in [0.15, 0.2) is 0 Å². The Kier molecular flexibility index (Phi) is 4.89. The van der Waals surface area contributed by atoms with Crippen LogP contribution in [0.5, 0.6) is 5.75 Å². The standard InChI is InChI=1S/C21H19NO4/c1-22(2)20(24)19(14-8-4-3-5-9-14)26-21(25)17-12-15-10-6-7-11-16(15)13-18(17)23/h3-13,19,23H,1-2H3/t19-/m1/s1. The molecule has 0 aromatic heterocycles. The Bertz CT molecular complexity index is 951. The van der Waals surface area contributed by atoms with E-state index >= 15 is 0 Å². The van der Waals surface area contributed by atoms with E-state index in [1.165, 1.54) is 11.0 Å². The molecule has 0 aliphatic heterocycles. The van der Waals surface area contributed by atoms with Crippen LogP contribution in [-0.4, -0.2) is 36.0 Å². The maximum Gasteiger partial charge on any atom is 0.343 e. The first-order chi connectivity index (χ1) is 12.5. The van der Waals surface area contributed by atoms with E-state index < -0.39 is 12.1 Å². The van der Waals surface area contributed by atoms with Crippen molar-refractivity contribution in [3.8, 4) is 5.75 Å². The van der Waals surface area contributed by atoms with E-state index in [1.54, 1.807) is 44.4 Å². The minimum Gasteiger partial charge on any atom is -0.507 e. The summed E-state index contributed by atoms with van der Waals surface area (Å²) < 4.78 is 5.49. The average Bonchev–Trinajstić information content (AvgIpc) is 2.65. The number of nitrogens with zero attached hydrogens (tertiary/aromatic N) is 1. The van der Waals surface area contributed by atoms with Crippen LogP contribution in [0.15, 0.2) is 66.7 Å². The van der Waals surface area contributed by atoms with Crippen molar-refractivity contribution < 1.29 is 19.4 Å². The van der Waals surface area contributed by atoms with Crippen molar-refractivity contribution >= 4 is 22.6 Å². The zero-order valence-electron chi connectivity index (χ0n) is 14.5. The van der Waals surface area contributed by atoms with Crippen LogP contribution in [-0.2, 0) is 9.53 Å². The van der Waals surface area contributed by atoms with Gasteiger partial charge in [0.25, 0.3) is 5.91 Å². The van der Waals surface area contributed by atoms with Gasteiger partial charge < -0.3 is 14.7 Å². The predicted molar refractivity (Wildman–Crippen MR) is 98.9 cm³/mol. The topological polar surface area (TPSA) is 66.8 Å². The summed E-state index contributed by atoms with van der Waals surface area (Å²) >= 11 is 0. The lowest BCUT2D eigenvalue weighted by atomic mass is 10.1. The normalized spacial score (nSPS) is 11.8. The molecule has 1 amide bonds. The molecule has 0 spiro atoms. The number of aromatic hydroxyl groups is 1. The molecule has 0 aliphatic rings. The molecule has 5 nitrogen and oxygen atoms in total. The number of hydrogen-bond donors (Lipinski definition) is 1. The van der Waals surface area contributed by atoms with Crippen LogP contribution in [0.1, 0.15) is 22.0 Å². The van der Waals surface area contributed by atoms with Crippen molar-refractivity contribution in [2.45, 2.75) is 6.10 Å². The van der Waals surface area contributed by atoms with Gasteiger partial charge in [0, 0.05) is 19.7 Å². The highest BCUT2D eigenvalue weighted by Gasteiger charge is 2.28. The predicted octanol–water partition coefficient (Wildman–Crippen LogP) is 3.53. The van der Waals surface area contributed by atoms with Crippen molar-refractivity contribution in [1.82, 2.24) is 4.90 Å². The lowest BCUT2D eigenvalue weighted by molar-refractivity contribution is -0.138. The molecule has 0 saturated heterocycles. The summed E-state index contributed by atoms with van der Waals surface area (Å²) in [5.41, 5.74) is 0.594.